The number of halogens is 2. The van der Waals surface area contributed by atoms with Crippen molar-refractivity contribution < 1.29 is 9.13 Å². The van der Waals surface area contributed by atoms with E-state index in [1.54, 1.807) is 13.2 Å². The van der Waals surface area contributed by atoms with Gasteiger partial charge in [-0.3, -0.25) is 0 Å². The highest BCUT2D eigenvalue weighted by atomic mass is 79.9. The van der Waals surface area contributed by atoms with Crippen LogP contribution in [0.4, 0.5) is 9.52 Å². The maximum atomic E-state index is 13.0. The zero-order chi connectivity index (χ0) is 13.0. The van der Waals surface area contributed by atoms with Crippen LogP contribution in [0.15, 0.2) is 22.7 Å². The third-order valence-electron chi connectivity index (χ3n) is 2.18. The molecule has 2 rings (SSSR count). The summed E-state index contributed by atoms with van der Waals surface area (Å²) in [4.78, 5) is 4.33. The minimum atomic E-state index is -0.292. The first-order chi connectivity index (χ1) is 8.70. The molecule has 0 bridgehead atoms. The number of anilines is 1. The maximum absolute atomic E-state index is 13.0. The lowest BCUT2D eigenvalue weighted by atomic mass is 10.2. The van der Waals surface area contributed by atoms with Gasteiger partial charge in [0.25, 0.3) is 0 Å². The van der Waals surface area contributed by atoms with Gasteiger partial charge in [0.05, 0.1) is 6.61 Å². The van der Waals surface area contributed by atoms with E-state index in [9.17, 15) is 4.39 Å². The molecule has 18 heavy (non-hydrogen) atoms. The first-order valence-electron chi connectivity index (χ1n) is 5.22. The Hall–Kier alpha value is -1.05. The predicted octanol–water partition coefficient (Wildman–Crippen LogP) is 3.17. The number of nitrogens with one attached hydrogen (secondary N) is 1. The summed E-state index contributed by atoms with van der Waals surface area (Å²) in [5.41, 5.74) is 0.771. The highest BCUT2D eigenvalue weighted by Crippen LogP contribution is 2.28. The van der Waals surface area contributed by atoms with Crippen molar-refractivity contribution in [1.82, 2.24) is 9.36 Å². The molecule has 0 unspecified atom stereocenters. The molecule has 1 heterocycles. The third kappa shape index (κ3) is 3.24. The van der Waals surface area contributed by atoms with Crippen LogP contribution < -0.4 is 5.32 Å². The van der Waals surface area contributed by atoms with Gasteiger partial charge in [0.2, 0.25) is 5.13 Å². The molecule has 1 aromatic carbocycles. The van der Waals surface area contributed by atoms with Gasteiger partial charge < -0.3 is 10.1 Å². The zero-order valence-corrected chi connectivity index (χ0v) is 12.0. The molecular formula is C11H11BrFN3OS. The van der Waals surface area contributed by atoms with Gasteiger partial charge >= 0.3 is 0 Å². The molecule has 0 saturated carbocycles. The molecule has 0 atom stereocenters. The fraction of sp³-hybridized carbons (Fsp3) is 0.273. The summed E-state index contributed by atoms with van der Waals surface area (Å²) in [5, 5.41) is 3.82. The highest BCUT2D eigenvalue weighted by molar-refractivity contribution is 9.10. The van der Waals surface area contributed by atoms with Gasteiger partial charge in [0.1, 0.15) is 5.82 Å². The Kier molecular flexibility index (Phi) is 4.62. The molecule has 7 heteroatoms. The molecular weight excluding hydrogens is 321 g/mol. The van der Waals surface area contributed by atoms with Crippen molar-refractivity contribution in [3.8, 4) is 11.4 Å². The number of rotatable bonds is 5. The van der Waals surface area contributed by atoms with Crippen molar-refractivity contribution in [3.05, 3.63) is 28.5 Å². The molecule has 1 aromatic heterocycles. The summed E-state index contributed by atoms with van der Waals surface area (Å²) in [6, 6.07) is 4.44. The van der Waals surface area contributed by atoms with Crippen LogP contribution in [0.5, 0.6) is 0 Å². The van der Waals surface area contributed by atoms with Crippen molar-refractivity contribution in [2.45, 2.75) is 0 Å². The number of benzene rings is 1. The molecule has 0 saturated heterocycles. The predicted molar refractivity (Wildman–Crippen MR) is 73.4 cm³/mol. The molecule has 0 aliphatic heterocycles. The fourth-order valence-corrected chi connectivity index (χ4v) is 2.47. The highest BCUT2D eigenvalue weighted by Gasteiger charge is 2.10. The van der Waals surface area contributed by atoms with Gasteiger partial charge in [-0.05, 0) is 34.1 Å². The summed E-state index contributed by atoms with van der Waals surface area (Å²) in [5.74, 6) is 0.283. The van der Waals surface area contributed by atoms with E-state index in [2.05, 4.69) is 30.6 Å². The SMILES string of the molecule is COCCNc1nc(-c2ccc(F)cc2Br)ns1. The van der Waals surface area contributed by atoms with Crippen LogP contribution in [-0.2, 0) is 4.74 Å². The van der Waals surface area contributed by atoms with E-state index in [4.69, 9.17) is 4.74 Å². The van der Waals surface area contributed by atoms with E-state index in [-0.39, 0.29) is 5.82 Å². The molecule has 0 aliphatic carbocycles. The van der Waals surface area contributed by atoms with E-state index in [1.807, 2.05) is 0 Å². The van der Waals surface area contributed by atoms with Crippen LogP contribution in [0.3, 0.4) is 0 Å². The number of hydrogen-bond acceptors (Lipinski definition) is 5. The average molecular weight is 332 g/mol. The Morgan fingerprint density at radius 3 is 3.06 bits per heavy atom. The topological polar surface area (TPSA) is 47.0 Å². The lowest BCUT2D eigenvalue weighted by molar-refractivity contribution is 0.211. The molecule has 0 aliphatic rings. The smallest absolute Gasteiger partial charge is 0.202 e. The molecule has 0 spiro atoms. The van der Waals surface area contributed by atoms with Crippen molar-refractivity contribution in [1.29, 1.82) is 0 Å². The number of ether oxygens (including phenoxy) is 1. The minimum Gasteiger partial charge on any atom is -0.383 e. The minimum absolute atomic E-state index is 0.292. The van der Waals surface area contributed by atoms with Gasteiger partial charge in [-0.15, -0.1) is 0 Å². The second-order valence-electron chi connectivity index (χ2n) is 3.47. The lowest BCUT2D eigenvalue weighted by Crippen LogP contribution is -2.07. The summed E-state index contributed by atoms with van der Waals surface area (Å²) in [7, 11) is 1.64. The van der Waals surface area contributed by atoms with Crippen LogP contribution in [0.1, 0.15) is 0 Å². The largest absolute Gasteiger partial charge is 0.383 e. The second-order valence-corrected chi connectivity index (χ2v) is 5.07. The van der Waals surface area contributed by atoms with E-state index in [0.29, 0.717) is 23.4 Å². The van der Waals surface area contributed by atoms with Gasteiger partial charge in [0.15, 0.2) is 5.82 Å². The number of aromatic nitrogens is 2. The molecule has 0 amide bonds. The van der Waals surface area contributed by atoms with Crippen molar-refractivity contribution in [2.24, 2.45) is 0 Å². The van der Waals surface area contributed by atoms with Crippen molar-refractivity contribution in [2.75, 3.05) is 25.6 Å². The zero-order valence-electron chi connectivity index (χ0n) is 9.61. The van der Waals surface area contributed by atoms with Crippen LogP contribution in [0.2, 0.25) is 0 Å². The van der Waals surface area contributed by atoms with Crippen LogP contribution in [0.25, 0.3) is 11.4 Å². The summed E-state index contributed by atoms with van der Waals surface area (Å²) >= 11 is 4.57. The number of methoxy groups -OCH3 is 1. The monoisotopic (exact) mass is 331 g/mol. The molecule has 0 fully saturated rings. The lowest BCUT2D eigenvalue weighted by Gasteiger charge is -2.00. The van der Waals surface area contributed by atoms with Crippen molar-refractivity contribution >= 4 is 32.6 Å². The Labute approximate surface area is 117 Å². The third-order valence-corrected chi connectivity index (χ3v) is 3.51. The fourth-order valence-electron chi connectivity index (χ4n) is 1.34. The second kappa shape index (κ2) is 6.21. The number of hydrogen-bond donors (Lipinski definition) is 1. The quantitative estimate of drug-likeness (QED) is 0.855. The van der Waals surface area contributed by atoms with Gasteiger partial charge in [0, 0.05) is 35.2 Å². The average Bonchev–Trinajstić information content (AvgIpc) is 2.78. The Morgan fingerprint density at radius 2 is 2.33 bits per heavy atom. The first-order valence-corrected chi connectivity index (χ1v) is 6.79. The molecule has 4 nitrogen and oxygen atoms in total. The van der Waals surface area contributed by atoms with E-state index >= 15 is 0 Å². The van der Waals surface area contributed by atoms with E-state index in [0.717, 1.165) is 10.7 Å². The van der Waals surface area contributed by atoms with Gasteiger partial charge in [-0.1, -0.05) is 0 Å². The van der Waals surface area contributed by atoms with Crippen LogP contribution in [0, 0.1) is 5.82 Å². The summed E-state index contributed by atoms with van der Waals surface area (Å²) in [6.07, 6.45) is 0. The van der Waals surface area contributed by atoms with Crippen molar-refractivity contribution in [3.63, 3.8) is 0 Å². The maximum Gasteiger partial charge on any atom is 0.202 e. The van der Waals surface area contributed by atoms with E-state index < -0.39 is 0 Å². The Balaban J connectivity index is 2.13. The Bertz CT molecular complexity index is 535. The standard InChI is InChI=1S/C11H11BrFN3OS/c1-17-5-4-14-11-15-10(16-18-11)8-3-2-7(13)6-9(8)12/h2-3,6H,4-5H2,1H3,(H,14,15,16). The first kappa shape index (κ1) is 13.4. The van der Waals surface area contributed by atoms with Crippen LogP contribution >= 0.6 is 27.5 Å². The molecule has 1 N–H and O–H groups in total. The molecule has 0 radical (unpaired) electrons. The Morgan fingerprint density at radius 1 is 1.50 bits per heavy atom. The van der Waals surface area contributed by atoms with Gasteiger partial charge in [-0.25, -0.2) is 4.39 Å². The number of nitrogens with zero attached hydrogens (tertiary/aromatic N) is 2. The summed E-state index contributed by atoms with van der Waals surface area (Å²) in [6.45, 7) is 1.28. The van der Waals surface area contributed by atoms with E-state index in [1.165, 1.54) is 23.7 Å². The van der Waals surface area contributed by atoms with Gasteiger partial charge in [-0.2, -0.15) is 9.36 Å². The normalized spacial score (nSPS) is 10.6. The van der Waals surface area contributed by atoms with Crippen LogP contribution in [-0.4, -0.2) is 29.6 Å². The summed E-state index contributed by atoms with van der Waals surface area (Å²) < 4.78 is 22.8. The molecule has 96 valence electrons. The molecule has 2 aromatic rings.